The van der Waals surface area contributed by atoms with E-state index in [-0.39, 0.29) is 25.4 Å². The molecule has 1 atom stereocenters. The number of primary amides is 1. The number of hydrogen-bond acceptors (Lipinski definition) is 4. The predicted octanol–water partition coefficient (Wildman–Crippen LogP) is -0.386. The van der Waals surface area contributed by atoms with E-state index in [4.69, 9.17) is 5.73 Å². The number of piperidine rings is 1. The normalized spacial score (nSPS) is 20.9. The third kappa shape index (κ3) is 4.65. The molecule has 1 unspecified atom stereocenters. The molecule has 1 saturated heterocycles. The third-order valence-corrected chi connectivity index (χ3v) is 5.22. The van der Waals surface area contributed by atoms with Crippen molar-refractivity contribution in [3.63, 3.8) is 0 Å². The summed E-state index contributed by atoms with van der Waals surface area (Å²) in [5, 5.41) is 9.20. The Morgan fingerprint density at radius 1 is 1.38 bits per heavy atom. The van der Waals surface area contributed by atoms with E-state index in [1.807, 2.05) is 13.8 Å². The smallest absolute Gasteiger partial charge is 0.322 e. The first-order chi connectivity index (χ1) is 9.66. The lowest BCUT2D eigenvalue weighted by atomic mass is 10.1. The molecule has 1 aliphatic heterocycles. The molecule has 0 aromatic carbocycles. The molecule has 8 nitrogen and oxygen atoms in total. The second kappa shape index (κ2) is 7.19. The van der Waals surface area contributed by atoms with Crippen LogP contribution in [0.2, 0.25) is 0 Å². The van der Waals surface area contributed by atoms with Gasteiger partial charge in [-0.3, -0.25) is 9.59 Å². The van der Waals surface area contributed by atoms with E-state index in [1.54, 1.807) is 0 Å². The van der Waals surface area contributed by atoms with Crippen molar-refractivity contribution in [2.45, 2.75) is 39.2 Å². The summed E-state index contributed by atoms with van der Waals surface area (Å²) in [5.41, 5.74) is 5.11. The van der Waals surface area contributed by atoms with Crippen molar-refractivity contribution in [1.82, 2.24) is 8.61 Å². The van der Waals surface area contributed by atoms with Crippen LogP contribution in [0.25, 0.3) is 0 Å². The SMILES string of the molecule is CC(C)CN(CC(N)=O)S(=O)(=O)N1CCCCC1C(=O)O. The fourth-order valence-electron chi connectivity index (χ4n) is 2.40. The lowest BCUT2D eigenvalue weighted by molar-refractivity contribution is -0.142. The van der Waals surface area contributed by atoms with Crippen molar-refractivity contribution < 1.29 is 23.1 Å². The van der Waals surface area contributed by atoms with Crippen LogP contribution in [0.4, 0.5) is 0 Å². The van der Waals surface area contributed by atoms with Crippen molar-refractivity contribution in [3.05, 3.63) is 0 Å². The van der Waals surface area contributed by atoms with E-state index in [0.717, 1.165) is 8.61 Å². The Bertz CT molecular complexity index is 491. The molecular formula is C12H23N3O5S. The van der Waals surface area contributed by atoms with Crippen LogP contribution in [0.3, 0.4) is 0 Å². The Hall–Kier alpha value is -1.19. The molecule has 1 fully saturated rings. The summed E-state index contributed by atoms with van der Waals surface area (Å²) in [6.45, 7) is 3.45. The Morgan fingerprint density at radius 3 is 2.48 bits per heavy atom. The number of nitrogens with two attached hydrogens (primary N) is 1. The highest BCUT2D eigenvalue weighted by molar-refractivity contribution is 7.86. The van der Waals surface area contributed by atoms with Gasteiger partial charge in [-0.05, 0) is 25.2 Å². The van der Waals surface area contributed by atoms with Crippen LogP contribution in [0, 0.1) is 5.92 Å². The molecule has 122 valence electrons. The molecule has 0 radical (unpaired) electrons. The maximum absolute atomic E-state index is 12.7. The van der Waals surface area contributed by atoms with Gasteiger partial charge in [-0.1, -0.05) is 13.8 Å². The van der Waals surface area contributed by atoms with E-state index in [9.17, 15) is 23.1 Å². The molecule has 0 aromatic heterocycles. The zero-order valence-electron chi connectivity index (χ0n) is 12.4. The lowest BCUT2D eigenvalue weighted by Gasteiger charge is -2.36. The monoisotopic (exact) mass is 321 g/mol. The summed E-state index contributed by atoms with van der Waals surface area (Å²) in [5.74, 6) is -1.93. The van der Waals surface area contributed by atoms with Gasteiger partial charge in [-0.25, -0.2) is 0 Å². The summed E-state index contributed by atoms with van der Waals surface area (Å²) in [7, 11) is -4.02. The third-order valence-electron chi connectivity index (χ3n) is 3.26. The number of rotatable bonds is 7. The molecule has 0 bridgehead atoms. The average Bonchev–Trinajstić information content (AvgIpc) is 2.36. The fourth-order valence-corrected chi connectivity index (χ4v) is 4.35. The van der Waals surface area contributed by atoms with Gasteiger partial charge < -0.3 is 10.8 Å². The number of carboxylic acids is 1. The second-order valence-electron chi connectivity index (χ2n) is 5.62. The van der Waals surface area contributed by atoms with Crippen LogP contribution >= 0.6 is 0 Å². The average molecular weight is 321 g/mol. The molecule has 1 aliphatic rings. The standard InChI is InChI=1S/C12H23N3O5S/c1-9(2)7-14(8-11(13)16)21(19,20)15-6-4-3-5-10(15)12(17)18/h9-10H,3-8H2,1-2H3,(H2,13,16)(H,17,18). The number of amides is 1. The summed E-state index contributed by atoms with van der Waals surface area (Å²) in [6.07, 6.45) is 1.55. The van der Waals surface area contributed by atoms with Crippen molar-refractivity contribution in [2.75, 3.05) is 19.6 Å². The Balaban J connectivity index is 3.07. The van der Waals surface area contributed by atoms with E-state index < -0.39 is 34.7 Å². The van der Waals surface area contributed by atoms with Gasteiger partial charge in [0.2, 0.25) is 5.91 Å². The number of nitrogens with zero attached hydrogens (tertiary/aromatic N) is 2. The van der Waals surface area contributed by atoms with Gasteiger partial charge in [0.15, 0.2) is 0 Å². The van der Waals surface area contributed by atoms with Crippen molar-refractivity contribution in [3.8, 4) is 0 Å². The lowest BCUT2D eigenvalue weighted by Crippen LogP contribution is -2.55. The zero-order chi connectivity index (χ0) is 16.2. The molecule has 1 heterocycles. The largest absolute Gasteiger partial charge is 0.480 e. The highest BCUT2D eigenvalue weighted by Crippen LogP contribution is 2.23. The van der Waals surface area contributed by atoms with Gasteiger partial charge in [-0.2, -0.15) is 17.0 Å². The van der Waals surface area contributed by atoms with Crippen LogP contribution < -0.4 is 5.73 Å². The van der Waals surface area contributed by atoms with Gasteiger partial charge in [0.25, 0.3) is 10.2 Å². The van der Waals surface area contributed by atoms with Crippen molar-refractivity contribution in [1.29, 1.82) is 0 Å². The summed E-state index contributed by atoms with van der Waals surface area (Å²) in [6, 6.07) is -1.08. The Labute approximate surface area is 125 Å². The first-order valence-corrected chi connectivity index (χ1v) is 8.34. The molecule has 0 aliphatic carbocycles. The van der Waals surface area contributed by atoms with Crippen LogP contribution in [0.1, 0.15) is 33.1 Å². The van der Waals surface area contributed by atoms with Crippen LogP contribution in [-0.4, -0.2) is 59.7 Å². The first-order valence-electron chi connectivity index (χ1n) is 6.94. The van der Waals surface area contributed by atoms with E-state index in [1.165, 1.54) is 0 Å². The van der Waals surface area contributed by atoms with Crippen LogP contribution in [0.5, 0.6) is 0 Å². The van der Waals surface area contributed by atoms with Gasteiger partial charge in [0.1, 0.15) is 6.04 Å². The van der Waals surface area contributed by atoms with E-state index in [2.05, 4.69) is 0 Å². The Kier molecular flexibility index (Phi) is 6.11. The van der Waals surface area contributed by atoms with Gasteiger partial charge in [0, 0.05) is 13.1 Å². The van der Waals surface area contributed by atoms with Crippen LogP contribution in [0.15, 0.2) is 0 Å². The predicted molar refractivity (Wildman–Crippen MR) is 76.5 cm³/mol. The number of hydrogen-bond donors (Lipinski definition) is 2. The minimum Gasteiger partial charge on any atom is -0.480 e. The highest BCUT2D eigenvalue weighted by atomic mass is 32.2. The van der Waals surface area contributed by atoms with Crippen LogP contribution in [-0.2, 0) is 19.8 Å². The number of carbonyl (C=O) groups excluding carboxylic acids is 1. The molecule has 0 spiro atoms. The minimum absolute atomic E-state index is 0.00723. The molecule has 21 heavy (non-hydrogen) atoms. The molecule has 3 N–H and O–H groups in total. The van der Waals surface area contributed by atoms with Gasteiger partial charge in [0.05, 0.1) is 6.54 Å². The maximum Gasteiger partial charge on any atom is 0.322 e. The first kappa shape index (κ1) is 17.9. The zero-order valence-corrected chi connectivity index (χ0v) is 13.2. The molecule has 0 saturated carbocycles. The molecular weight excluding hydrogens is 298 g/mol. The molecule has 0 aromatic rings. The number of carboxylic acid groups (broad SMARTS) is 1. The highest BCUT2D eigenvalue weighted by Gasteiger charge is 2.40. The topological polar surface area (TPSA) is 121 Å². The van der Waals surface area contributed by atoms with Crippen molar-refractivity contribution >= 4 is 22.1 Å². The summed E-state index contributed by atoms with van der Waals surface area (Å²) < 4.78 is 27.3. The minimum atomic E-state index is -4.02. The molecule has 1 rings (SSSR count). The van der Waals surface area contributed by atoms with E-state index >= 15 is 0 Å². The molecule has 1 amide bonds. The number of aliphatic carboxylic acids is 1. The van der Waals surface area contributed by atoms with Crippen molar-refractivity contribution in [2.24, 2.45) is 11.7 Å². The molecule has 9 heteroatoms. The maximum atomic E-state index is 12.7. The fraction of sp³-hybridized carbons (Fsp3) is 0.833. The second-order valence-corrected chi connectivity index (χ2v) is 7.50. The Morgan fingerprint density at radius 2 is 2.00 bits per heavy atom. The van der Waals surface area contributed by atoms with Gasteiger partial charge in [-0.15, -0.1) is 0 Å². The van der Waals surface area contributed by atoms with Gasteiger partial charge >= 0.3 is 5.97 Å². The van der Waals surface area contributed by atoms with E-state index in [0.29, 0.717) is 12.8 Å². The number of carbonyl (C=O) groups is 2. The summed E-state index contributed by atoms with van der Waals surface area (Å²) in [4.78, 5) is 22.4. The quantitative estimate of drug-likeness (QED) is 0.661. The summed E-state index contributed by atoms with van der Waals surface area (Å²) >= 11 is 0.